The Morgan fingerprint density at radius 1 is 1.20 bits per heavy atom. The Hall–Kier alpha value is -2.07. The van der Waals surface area contributed by atoms with Gasteiger partial charge in [0, 0.05) is 42.8 Å². The summed E-state index contributed by atoms with van der Waals surface area (Å²) < 4.78 is 45.0. The molecule has 4 N–H and O–H groups in total. The van der Waals surface area contributed by atoms with E-state index < -0.39 is 82.4 Å². The van der Waals surface area contributed by atoms with Crippen LogP contribution in [-0.2, 0) is 28.5 Å². The van der Waals surface area contributed by atoms with Crippen molar-refractivity contribution in [3.63, 3.8) is 0 Å². The first-order valence-electron chi connectivity index (χ1n) is 17.7. The fraction of sp³-hybridized carbons (Fsp3) is 0.778. The van der Waals surface area contributed by atoms with Crippen LogP contribution in [-0.4, -0.2) is 126 Å². The lowest BCUT2D eigenvalue weighted by atomic mass is 9.43. The highest BCUT2D eigenvalue weighted by molar-refractivity contribution is 5.76. The molecule has 0 aromatic carbocycles. The number of halogens is 1. The molecule has 49 heavy (non-hydrogen) atoms. The van der Waals surface area contributed by atoms with Crippen molar-refractivity contribution in [2.24, 2.45) is 22.7 Å². The Balaban J connectivity index is 1.28. The number of hydrogen-bond acceptors (Lipinski definition) is 12. The van der Waals surface area contributed by atoms with E-state index in [9.17, 15) is 24.5 Å². The first kappa shape index (κ1) is 35.3. The number of ether oxygens (including phenoxy) is 5. The number of pyridine rings is 1. The second-order valence-corrected chi connectivity index (χ2v) is 15.9. The van der Waals surface area contributed by atoms with Gasteiger partial charge in [0.1, 0.15) is 23.6 Å². The summed E-state index contributed by atoms with van der Waals surface area (Å²) in [5.74, 6) is -2.34. The summed E-state index contributed by atoms with van der Waals surface area (Å²) in [6.45, 7) is 13.6. The van der Waals surface area contributed by atoms with Gasteiger partial charge in [0.25, 0.3) is 0 Å². The maximum absolute atomic E-state index is 13.7. The normalized spacial score (nSPS) is 42.9. The highest BCUT2D eigenvalue weighted by atomic mass is 19.1. The number of aliphatic hydroxyl groups is 3. The van der Waals surface area contributed by atoms with Crippen molar-refractivity contribution in [1.82, 2.24) is 15.2 Å². The molecule has 5 fully saturated rings. The SMILES string of the molecule is CN[C@@H](c1ccc(F)cn1)[C@@H](O)C(=O)O[C@H]1C[C@@]2(O)[C@@H](C)[C@H]3[C@@](C)(CC[C@H]4OC[C@]43O)[C@@H]3O[C@H](CN4CCOCC4)O[C@@H]3C(=C1C)C2(C)C. The molecule has 0 radical (unpaired) electrons. The number of aliphatic hydroxyl groups excluding tert-OH is 1. The van der Waals surface area contributed by atoms with E-state index in [4.69, 9.17) is 23.7 Å². The van der Waals surface area contributed by atoms with Gasteiger partial charge in [0.2, 0.25) is 0 Å². The van der Waals surface area contributed by atoms with Gasteiger partial charge in [-0.1, -0.05) is 27.7 Å². The van der Waals surface area contributed by atoms with Gasteiger partial charge in [-0.15, -0.1) is 0 Å². The summed E-state index contributed by atoms with van der Waals surface area (Å²) in [5.41, 5.74) is -2.25. The van der Waals surface area contributed by atoms with Crippen molar-refractivity contribution in [2.75, 3.05) is 46.5 Å². The first-order valence-corrected chi connectivity index (χ1v) is 17.7. The Bertz CT molecular complexity index is 1460. The van der Waals surface area contributed by atoms with Crippen LogP contribution in [0.4, 0.5) is 4.39 Å². The monoisotopic (exact) mass is 689 g/mol. The zero-order valence-corrected chi connectivity index (χ0v) is 29.4. The highest BCUT2D eigenvalue weighted by Crippen LogP contribution is 2.67. The van der Waals surface area contributed by atoms with E-state index in [0.29, 0.717) is 26.2 Å². The summed E-state index contributed by atoms with van der Waals surface area (Å²) in [5, 5.41) is 39.6. The molecule has 6 aliphatic rings. The van der Waals surface area contributed by atoms with E-state index in [1.54, 1.807) is 7.05 Å². The van der Waals surface area contributed by atoms with Crippen LogP contribution in [0, 0.1) is 28.5 Å². The molecule has 3 aliphatic heterocycles. The van der Waals surface area contributed by atoms with Gasteiger partial charge in [0.05, 0.1) is 55.6 Å². The number of rotatable bonds is 7. The Labute approximate surface area is 287 Å². The minimum atomic E-state index is -1.67. The summed E-state index contributed by atoms with van der Waals surface area (Å²) in [7, 11) is 1.57. The number of aromatic nitrogens is 1. The maximum Gasteiger partial charge on any atom is 0.337 e. The zero-order chi connectivity index (χ0) is 35.1. The van der Waals surface area contributed by atoms with Crippen LogP contribution >= 0.6 is 0 Å². The third-order valence-electron chi connectivity index (χ3n) is 13.2. The highest BCUT2D eigenvalue weighted by Gasteiger charge is 2.73. The number of carbonyl (C=O) groups is 1. The summed E-state index contributed by atoms with van der Waals surface area (Å²) in [4.78, 5) is 20.0. The van der Waals surface area contributed by atoms with Crippen LogP contribution in [0.5, 0.6) is 0 Å². The summed E-state index contributed by atoms with van der Waals surface area (Å²) in [6.07, 6.45) is -2.05. The average molecular weight is 690 g/mol. The van der Waals surface area contributed by atoms with E-state index in [2.05, 4.69) is 22.1 Å². The third kappa shape index (κ3) is 5.42. The number of fused-ring (bicyclic) bond motifs is 8. The number of likely N-dealkylation sites (N-methyl/N-ethyl adjacent to an activating group) is 1. The molecule has 12 nitrogen and oxygen atoms in total. The minimum absolute atomic E-state index is 0.0532. The lowest BCUT2D eigenvalue weighted by Gasteiger charge is -2.68. The zero-order valence-electron chi connectivity index (χ0n) is 29.4. The number of esters is 1. The summed E-state index contributed by atoms with van der Waals surface area (Å²) >= 11 is 0. The average Bonchev–Trinajstić information content (AvgIpc) is 3.47. The fourth-order valence-corrected chi connectivity index (χ4v) is 10.5. The largest absolute Gasteiger partial charge is 0.456 e. The molecule has 1 aromatic rings. The van der Waals surface area contributed by atoms with Crippen molar-refractivity contribution < 1.29 is 48.2 Å². The van der Waals surface area contributed by atoms with Gasteiger partial charge in [-0.2, -0.15) is 0 Å². The number of nitrogens with zero attached hydrogens (tertiary/aromatic N) is 2. The fourth-order valence-electron chi connectivity index (χ4n) is 10.5. The van der Waals surface area contributed by atoms with Crippen LogP contribution in [0.1, 0.15) is 65.6 Å². The molecule has 0 spiro atoms. The molecule has 0 unspecified atom stereocenters. The van der Waals surface area contributed by atoms with E-state index in [1.165, 1.54) is 12.1 Å². The van der Waals surface area contributed by atoms with Gasteiger partial charge in [-0.3, -0.25) is 9.88 Å². The number of hydrogen-bond donors (Lipinski definition) is 4. The Morgan fingerprint density at radius 3 is 2.57 bits per heavy atom. The van der Waals surface area contributed by atoms with Gasteiger partial charge in [-0.05, 0) is 56.0 Å². The Morgan fingerprint density at radius 2 is 1.94 bits per heavy atom. The number of morpholine rings is 1. The second kappa shape index (κ2) is 12.6. The molecular weight excluding hydrogens is 637 g/mol. The van der Waals surface area contributed by atoms with Gasteiger partial charge >= 0.3 is 5.97 Å². The predicted molar refractivity (Wildman–Crippen MR) is 173 cm³/mol. The van der Waals surface area contributed by atoms with Crippen molar-refractivity contribution in [1.29, 1.82) is 0 Å². The van der Waals surface area contributed by atoms with Crippen LogP contribution in [0.2, 0.25) is 0 Å². The van der Waals surface area contributed by atoms with Crippen molar-refractivity contribution >= 4 is 5.97 Å². The molecule has 272 valence electrons. The van der Waals surface area contributed by atoms with Crippen LogP contribution in [0.3, 0.4) is 0 Å². The van der Waals surface area contributed by atoms with Crippen molar-refractivity contribution in [3.05, 3.63) is 41.0 Å². The van der Waals surface area contributed by atoms with Gasteiger partial charge < -0.3 is 44.3 Å². The molecule has 0 amide bonds. The van der Waals surface area contributed by atoms with Crippen LogP contribution in [0.25, 0.3) is 0 Å². The lowest BCUT2D eigenvalue weighted by Crippen LogP contribution is -2.76. The molecule has 3 saturated heterocycles. The van der Waals surface area contributed by atoms with Crippen LogP contribution < -0.4 is 5.32 Å². The predicted octanol–water partition coefficient (Wildman–Crippen LogP) is 1.87. The lowest BCUT2D eigenvalue weighted by molar-refractivity contribution is -0.335. The molecule has 2 bridgehead atoms. The van der Waals surface area contributed by atoms with E-state index in [1.807, 2.05) is 27.7 Å². The summed E-state index contributed by atoms with van der Waals surface area (Å²) in [6, 6.07) is 1.66. The van der Waals surface area contributed by atoms with E-state index in [-0.39, 0.29) is 24.8 Å². The van der Waals surface area contributed by atoms with Gasteiger partial charge in [0.15, 0.2) is 12.4 Å². The van der Waals surface area contributed by atoms with E-state index >= 15 is 0 Å². The maximum atomic E-state index is 13.7. The quantitative estimate of drug-likeness (QED) is 0.244. The third-order valence-corrected chi connectivity index (χ3v) is 13.2. The number of carbonyl (C=O) groups excluding carboxylic acids is 1. The molecule has 7 rings (SSSR count). The molecule has 2 saturated carbocycles. The molecule has 4 heterocycles. The molecule has 1 aromatic heterocycles. The van der Waals surface area contributed by atoms with E-state index in [0.717, 1.165) is 36.9 Å². The van der Waals surface area contributed by atoms with Gasteiger partial charge in [-0.25, -0.2) is 9.18 Å². The first-order chi connectivity index (χ1) is 23.2. The van der Waals surface area contributed by atoms with Crippen molar-refractivity contribution in [2.45, 2.75) is 108 Å². The van der Waals surface area contributed by atoms with Crippen molar-refractivity contribution in [3.8, 4) is 0 Å². The minimum Gasteiger partial charge on any atom is -0.456 e. The Kier molecular flexibility index (Phi) is 9.06. The smallest absolute Gasteiger partial charge is 0.337 e. The topological polar surface area (TPSA) is 152 Å². The molecular formula is C36H52FN3O9. The van der Waals surface area contributed by atoms with Crippen LogP contribution in [0.15, 0.2) is 29.5 Å². The molecule has 3 aliphatic carbocycles. The molecule has 12 atom stereocenters. The number of nitrogens with one attached hydrogen (secondary N) is 1. The molecule has 13 heteroatoms. The second-order valence-electron chi connectivity index (χ2n) is 15.9. The standard InChI is InChI=1S/C36H52FN3O9/c1-19-23(47-32(42)28(41)27(38-6)22-8-7-21(37)16-39-22)15-36(44)20(2)30-34(5,10-9-24-35(30,43)18-46-24)31-29(26(19)33(36,3)4)48-25(49-31)17-40-11-13-45-14-12-40/h7-8,16,20,23-25,27-31,38,41,43-44H,9-15,17-18H2,1-6H3/t20-,23-,24+,25+,27-,28+,29+,30-,31+,34+,35-,36+/m0/s1.